The van der Waals surface area contributed by atoms with E-state index in [9.17, 15) is 0 Å². The molecule has 0 amide bonds. The topological polar surface area (TPSA) is 0 Å². The normalized spacial score (nSPS) is 10.4. The highest BCUT2D eigenvalue weighted by Crippen LogP contribution is 2.31. The Hall–Kier alpha value is -10.9. The lowest BCUT2D eigenvalue weighted by Crippen LogP contribution is -2.12. The maximum atomic E-state index is 2.28. The number of aryl methyl sites for hydroxylation is 11. The Morgan fingerprint density at radius 1 is 0.150 bits per heavy atom. The zero-order valence-electron chi connectivity index (χ0n) is 68.1. The van der Waals surface area contributed by atoms with Gasteiger partial charge in [-0.1, -0.05) is 465 Å². The highest BCUT2D eigenvalue weighted by Gasteiger charge is 2.16. The molecule has 0 unspecified atom stereocenters. The molecule has 0 nitrogen and oxygen atoms in total. The highest BCUT2D eigenvalue weighted by atomic mass is 14.2. The van der Waals surface area contributed by atoms with Crippen LogP contribution in [0.2, 0.25) is 0 Å². The van der Waals surface area contributed by atoms with Crippen LogP contribution in [0.15, 0.2) is 364 Å². The second kappa shape index (κ2) is 43.5. The Kier molecular flexibility index (Phi) is 34.6. The number of rotatable bonds is 5. The molecule has 0 N–H and O–H groups in total. The van der Waals surface area contributed by atoms with Crippen LogP contribution in [0.25, 0.3) is 55.6 Å². The third kappa shape index (κ3) is 31.4. The summed E-state index contributed by atoms with van der Waals surface area (Å²) >= 11 is 0. The van der Waals surface area contributed by atoms with Gasteiger partial charge in [0.25, 0.3) is 0 Å². The molecule has 548 valence electrons. The summed E-state index contributed by atoms with van der Waals surface area (Å²) in [6, 6.07) is 128. The van der Waals surface area contributed by atoms with Crippen molar-refractivity contribution in [3.05, 3.63) is 442 Å². The molecule has 107 heavy (non-hydrogen) atoms. The predicted molar refractivity (Wildman–Crippen MR) is 473 cm³/mol. The van der Waals surface area contributed by atoms with E-state index in [0.29, 0.717) is 0 Å². The molecule has 0 aliphatic carbocycles. The van der Waals surface area contributed by atoms with Crippen LogP contribution in [0.1, 0.15) is 140 Å². The van der Waals surface area contributed by atoms with Crippen molar-refractivity contribution in [1.82, 2.24) is 0 Å². The molecule has 0 bridgehead atoms. The van der Waals surface area contributed by atoms with E-state index in [4.69, 9.17) is 0 Å². The zero-order valence-corrected chi connectivity index (χ0v) is 68.1. The van der Waals surface area contributed by atoms with Gasteiger partial charge < -0.3 is 0 Å². The highest BCUT2D eigenvalue weighted by molar-refractivity contribution is 5.75. The maximum absolute atomic E-state index is 2.28. The van der Waals surface area contributed by atoms with E-state index >= 15 is 0 Å². The average molecular weight is 1410 g/mol. The second-order valence-corrected chi connectivity index (χ2v) is 31.0. The smallest absolute Gasteiger partial charge is 0.0129 e. The first kappa shape index (κ1) is 85.0. The van der Waals surface area contributed by atoms with Gasteiger partial charge in [-0.15, -0.1) is 0 Å². The zero-order chi connectivity index (χ0) is 77.8. The van der Waals surface area contributed by atoms with Crippen molar-refractivity contribution in [2.45, 2.75) is 155 Å². The van der Waals surface area contributed by atoms with Gasteiger partial charge in [-0.05, 0) is 187 Å². The van der Waals surface area contributed by atoms with Crippen LogP contribution >= 0.6 is 0 Å². The van der Waals surface area contributed by atoms with E-state index < -0.39 is 0 Å². The summed E-state index contributed by atoms with van der Waals surface area (Å²) in [7, 11) is 0. The molecule has 0 saturated heterocycles. The van der Waals surface area contributed by atoms with Crippen molar-refractivity contribution in [2.75, 3.05) is 0 Å². The van der Waals surface area contributed by atoms with E-state index in [0.717, 1.165) is 0 Å². The SMILES string of the molecule is Cc1ccc(-c2ccccc2)cc1.Cc1ccc(-c2ccccc2)cc1-c1ccccc1.Cc1ccc(C(C)(C)C)cc1.Cc1ccc(C)cc1.Cc1cccc(-c2ccccc2)c1.Cc1cccc(C(C)(C)C)c1.Cc1cccc(C)c1.Cc1ccccc1-c1ccccc1.Cc1ccccc1C(C)(C)C. The van der Waals surface area contributed by atoms with Gasteiger partial charge in [-0.3, -0.25) is 0 Å². The Morgan fingerprint density at radius 2 is 0.439 bits per heavy atom. The molecule has 14 aromatic carbocycles. The van der Waals surface area contributed by atoms with E-state index in [1.165, 1.54) is 134 Å². The second-order valence-electron chi connectivity index (χ2n) is 31.0. The monoisotopic (exact) mass is 1400 g/mol. The molecule has 0 fully saturated rings. The van der Waals surface area contributed by atoms with Crippen molar-refractivity contribution in [3.8, 4) is 55.6 Å². The molecule has 0 radical (unpaired) electrons. The standard InChI is InChI=1S/C19H16.3C13H12.3C11H16.2C8H10/c1-15-12-13-18(16-8-4-2-5-9-16)14-19(15)17-10-6-3-7-11-17;1-11-7-5-6-10-13(11)12-8-3-2-4-9-12;1-11-6-5-9-13(10-11)12-7-3-2-4-8-12;1-11-7-9-13(10-8-11)12-5-3-2-4-6-12;1-9-5-7-10(8-6-9)11(2,3)4;1-9-6-5-7-10(8-9)11(2,3)4;1-9-7-5-6-8-10(9)11(2,3)4;1-7-3-5-8(2)6-4-7;1-7-4-3-5-8(2)6-7/h2-14H,1H3;3*2-10H,1H3;3*5-8H,1-4H3;2*3-6H,1-2H3. The van der Waals surface area contributed by atoms with Crippen LogP contribution in [-0.2, 0) is 16.2 Å². The van der Waals surface area contributed by atoms with Crippen LogP contribution in [0, 0.1) is 76.2 Å². The van der Waals surface area contributed by atoms with Gasteiger partial charge in [0.2, 0.25) is 0 Å². The van der Waals surface area contributed by atoms with Gasteiger partial charge in [-0.2, -0.15) is 0 Å². The summed E-state index contributed by atoms with van der Waals surface area (Å²) < 4.78 is 0. The Labute approximate surface area is 648 Å². The first-order valence-corrected chi connectivity index (χ1v) is 37.9. The van der Waals surface area contributed by atoms with Gasteiger partial charge in [0.05, 0.1) is 0 Å². The quantitative estimate of drug-likeness (QED) is 0.161. The molecule has 14 rings (SSSR count). The molecule has 0 aromatic heterocycles. The lowest BCUT2D eigenvalue weighted by Gasteiger charge is -2.21. The maximum Gasteiger partial charge on any atom is -0.0129 e. The molecule has 0 saturated carbocycles. The first-order valence-electron chi connectivity index (χ1n) is 37.9. The Balaban J connectivity index is 0.000000191. The van der Waals surface area contributed by atoms with E-state index in [-0.39, 0.29) is 16.2 Å². The molecular weight excluding hydrogens is 1290 g/mol. The van der Waals surface area contributed by atoms with Crippen molar-refractivity contribution in [2.24, 2.45) is 0 Å². The fraction of sp³-hybridized carbons (Fsp3) is 0.215. The van der Waals surface area contributed by atoms with Gasteiger partial charge >= 0.3 is 0 Å². The van der Waals surface area contributed by atoms with Crippen LogP contribution < -0.4 is 0 Å². The predicted octanol–water partition coefficient (Wildman–Crippen LogP) is 30.8. The van der Waals surface area contributed by atoms with Crippen LogP contribution in [0.4, 0.5) is 0 Å². The summed E-state index contributed by atoms with van der Waals surface area (Å²) in [6.45, 7) is 43.5. The lowest BCUT2D eigenvalue weighted by molar-refractivity contribution is 0.586. The van der Waals surface area contributed by atoms with Crippen LogP contribution in [0.5, 0.6) is 0 Å². The summed E-state index contributed by atoms with van der Waals surface area (Å²) in [6.07, 6.45) is 0. The molecule has 0 heterocycles. The minimum atomic E-state index is 0.283. The van der Waals surface area contributed by atoms with Crippen molar-refractivity contribution in [1.29, 1.82) is 0 Å². The fourth-order valence-corrected chi connectivity index (χ4v) is 11.7. The lowest BCUT2D eigenvalue weighted by atomic mass is 9.84. The molecule has 0 aliphatic heterocycles. The molecule has 0 spiro atoms. The van der Waals surface area contributed by atoms with Gasteiger partial charge in [-0.25, -0.2) is 0 Å². The van der Waals surface area contributed by atoms with E-state index in [1.54, 1.807) is 0 Å². The first-order chi connectivity index (χ1) is 51.0. The van der Waals surface area contributed by atoms with Gasteiger partial charge in [0.15, 0.2) is 0 Å². The van der Waals surface area contributed by atoms with Crippen LogP contribution in [0.3, 0.4) is 0 Å². The van der Waals surface area contributed by atoms with E-state index in [2.05, 4.69) is 484 Å². The van der Waals surface area contributed by atoms with Crippen molar-refractivity contribution in [3.63, 3.8) is 0 Å². The van der Waals surface area contributed by atoms with E-state index in [1.807, 2.05) is 18.2 Å². The number of hydrogen-bond acceptors (Lipinski definition) is 0. The minimum absolute atomic E-state index is 0.283. The van der Waals surface area contributed by atoms with Gasteiger partial charge in [0.1, 0.15) is 0 Å². The molecule has 14 aromatic rings. The molecule has 0 heteroatoms. The minimum Gasteiger partial charge on any atom is -0.0622 e. The van der Waals surface area contributed by atoms with Crippen molar-refractivity contribution < 1.29 is 0 Å². The summed E-state index contributed by atoms with van der Waals surface area (Å²) in [5.74, 6) is 0. The molecular formula is C107H120. The third-order valence-corrected chi connectivity index (χ3v) is 18.1. The Morgan fingerprint density at radius 3 is 0.804 bits per heavy atom. The average Bonchev–Trinajstić information content (AvgIpc) is 0.823. The summed E-state index contributed by atoms with van der Waals surface area (Å²) in [5, 5.41) is 0. The van der Waals surface area contributed by atoms with Crippen molar-refractivity contribution >= 4 is 0 Å². The summed E-state index contributed by atoms with van der Waals surface area (Å²) in [4.78, 5) is 0. The summed E-state index contributed by atoms with van der Waals surface area (Å²) in [5.41, 5.74) is 32.6. The third-order valence-electron chi connectivity index (χ3n) is 18.1. The van der Waals surface area contributed by atoms with Crippen LogP contribution in [-0.4, -0.2) is 0 Å². The number of hydrogen-bond donors (Lipinski definition) is 0. The Bertz CT molecular complexity index is 4730. The largest absolute Gasteiger partial charge is 0.0622 e. The fourth-order valence-electron chi connectivity index (χ4n) is 11.7. The van der Waals surface area contributed by atoms with Gasteiger partial charge in [0, 0.05) is 0 Å². The number of benzene rings is 14. The molecule has 0 aliphatic rings. The molecule has 0 atom stereocenters.